The molecule has 1 atom stereocenters. The van der Waals surface area contributed by atoms with Crippen molar-refractivity contribution in [1.29, 1.82) is 0 Å². The monoisotopic (exact) mass is 308 g/mol. The summed E-state index contributed by atoms with van der Waals surface area (Å²) in [5.74, 6) is 2.75. The highest BCUT2D eigenvalue weighted by Crippen LogP contribution is 2.57. The van der Waals surface area contributed by atoms with E-state index in [4.69, 9.17) is 4.74 Å². The first-order valence-electron chi connectivity index (χ1n) is 9.33. The zero-order valence-electron chi connectivity index (χ0n) is 14.0. The molecule has 0 spiro atoms. The molecule has 0 radical (unpaired) electrons. The second kappa shape index (κ2) is 6.04. The molecular formula is C18H32N2O2. The minimum absolute atomic E-state index is 0.137. The van der Waals surface area contributed by atoms with Crippen LogP contribution in [0.5, 0.6) is 0 Å². The third-order valence-electron chi connectivity index (χ3n) is 6.63. The Morgan fingerprint density at radius 1 is 1.00 bits per heavy atom. The first-order chi connectivity index (χ1) is 10.6. The maximum atomic E-state index is 10.4. The highest BCUT2D eigenvalue weighted by molar-refractivity contribution is 5.03. The van der Waals surface area contributed by atoms with Gasteiger partial charge in [0.2, 0.25) is 0 Å². The van der Waals surface area contributed by atoms with Crippen LogP contribution in [0, 0.1) is 17.8 Å². The Balaban J connectivity index is 1.26. The smallest absolute Gasteiger partial charge is 0.0900 e. The van der Waals surface area contributed by atoms with Crippen LogP contribution in [0.15, 0.2) is 0 Å². The maximum absolute atomic E-state index is 10.4. The van der Waals surface area contributed by atoms with Crippen LogP contribution < -0.4 is 0 Å². The molecule has 126 valence electrons. The number of rotatable bonds is 5. The van der Waals surface area contributed by atoms with Gasteiger partial charge in [-0.15, -0.1) is 0 Å². The van der Waals surface area contributed by atoms with Crippen LogP contribution >= 0.6 is 0 Å². The van der Waals surface area contributed by atoms with Crippen molar-refractivity contribution in [3.05, 3.63) is 0 Å². The third-order valence-corrected chi connectivity index (χ3v) is 6.63. The molecule has 1 aliphatic heterocycles. The summed E-state index contributed by atoms with van der Waals surface area (Å²) >= 11 is 0. The highest BCUT2D eigenvalue weighted by Gasteiger charge is 2.51. The number of piperazine rings is 1. The molecule has 1 unspecified atom stereocenters. The summed E-state index contributed by atoms with van der Waals surface area (Å²) in [6.45, 7) is 5.69. The Hall–Kier alpha value is -0.160. The molecule has 1 saturated heterocycles. The topological polar surface area (TPSA) is 35.9 Å². The van der Waals surface area contributed by atoms with Crippen molar-refractivity contribution in [2.45, 2.75) is 50.2 Å². The second-order valence-corrected chi connectivity index (χ2v) is 8.67. The van der Waals surface area contributed by atoms with E-state index in [0.717, 1.165) is 50.5 Å². The lowest BCUT2D eigenvalue weighted by Crippen LogP contribution is -2.53. The van der Waals surface area contributed by atoms with Gasteiger partial charge in [-0.05, 0) is 63.3 Å². The average molecular weight is 308 g/mol. The summed E-state index contributed by atoms with van der Waals surface area (Å²) in [6.07, 6.45) is 7.82. The van der Waals surface area contributed by atoms with Crippen LogP contribution in [0.2, 0.25) is 0 Å². The molecule has 1 N–H and O–H groups in total. The fourth-order valence-corrected chi connectivity index (χ4v) is 5.86. The van der Waals surface area contributed by atoms with E-state index in [9.17, 15) is 5.11 Å². The fourth-order valence-electron chi connectivity index (χ4n) is 5.86. The Labute approximate surface area is 134 Å². The van der Waals surface area contributed by atoms with Gasteiger partial charge in [-0.25, -0.2) is 0 Å². The standard InChI is InChI=1S/C18H32N2O2/c1-19-2-4-20(5-3-19)12-17(21)13-22-18-9-14-6-15(10-18)8-16(7-14)11-18/h14-17,21H,2-13H2,1H3. The van der Waals surface area contributed by atoms with Gasteiger partial charge in [0.15, 0.2) is 0 Å². The van der Waals surface area contributed by atoms with Gasteiger partial charge >= 0.3 is 0 Å². The van der Waals surface area contributed by atoms with Crippen molar-refractivity contribution in [3.63, 3.8) is 0 Å². The van der Waals surface area contributed by atoms with E-state index >= 15 is 0 Å². The minimum atomic E-state index is -0.323. The lowest BCUT2D eigenvalue weighted by molar-refractivity contribution is -0.176. The van der Waals surface area contributed by atoms with Gasteiger partial charge in [0.05, 0.1) is 18.3 Å². The average Bonchev–Trinajstić information content (AvgIpc) is 2.46. The third kappa shape index (κ3) is 3.21. The lowest BCUT2D eigenvalue weighted by Gasteiger charge is -2.56. The Bertz CT molecular complexity index is 357. The van der Waals surface area contributed by atoms with Crippen LogP contribution in [0.25, 0.3) is 0 Å². The van der Waals surface area contributed by atoms with Crippen molar-refractivity contribution < 1.29 is 9.84 Å². The number of nitrogens with zero attached hydrogens (tertiary/aromatic N) is 2. The van der Waals surface area contributed by atoms with Gasteiger partial charge in [-0.3, -0.25) is 4.90 Å². The maximum Gasteiger partial charge on any atom is 0.0900 e. The Morgan fingerprint density at radius 3 is 2.09 bits per heavy atom. The predicted octanol–water partition coefficient (Wildman–Crippen LogP) is 1.58. The molecule has 5 aliphatic rings. The first-order valence-corrected chi connectivity index (χ1v) is 9.33. The van der Waals surface area contributed by atoms with E-state index in [1.807, 2.05) is 0 Å². The molecule has 1 heterocycles. The van der Waals surface area contributed by atoms with E-state index in [-0.39, 0.29) is 11.7 Å². The molecule has 0 aromatic carbocycles. The Kier molecular flexibility index (Phi) is 4.22. The molecule has 22 heavy (non-hydrogen) atoms. The van der Waals surface area contributed by atoms with E-state index in [0.29, 0.717) is 6.61 Å². The SMILES string of the molecule is CN1CCN(CC(O)COC23CC4CC(CC(C4)C2)C3)CC1. The molecule has 4 heteroatoms. The number of hydrogen-bond donors (Lipinski definition) is 1. The summed E-state index contributed by atoms with van der Waals surface area (Å²) < 4.78 is 6.38. The minimum Gasteiger partial charge on any atom is -0.389 e. The molecule has 5 fully saturated rings. The zero-order valence-corrected chi connectivity index (χ0v) is 14.0. The summed E-state index contributed by atoms with van der Waals surface area (Å²) in [5, 5.41) is 10.4. The fraction of sp³-hybridized carbons (Fsp3) is 1.00. The van der Waals surface area contributed by atoms with Crippen LogP contribution in [0.1, 0.15) is 38.5 Å². The molecule has 4 bridgehead atoms. The van der Waals surface area contributed by atoms with Crippen LogP contribution in [-0.2, 0) is 4.74 Å². The number of hydrogen-bond acceptors (Lipinski definition) is 4. The number of ether oxygens (including phenoxy) is 1. The summed E-state index contributed by atoms with van der Waals surface area (Å²) in [7, 11) is 2.17. The lowest BCUT2D eigenvalue weighted by atomic mass is 9.54. The number of aliphatic hydroxyl groups excluding tert-OH is 1. The van der Waals surface area contributed by atoms with E-state index in [1.165, 1.54) is 38.5 Å². The summed E-state index contributed by atoms with van der Waals surface area (Å²) in [4.78, 5) is 4.74. The molecule has 4 nitrogen and oxygen atoms in total. The van der Waals surface area contributed by atoms with Gasteiger partial charge in [0.1, 0.15) is 0 Å². The van der Waals surface area contributed by atoms with Crippen molar-refractivity contribution >= 4 is 0 Å². The predicted molar refractivity (Wildman–Crippen MR) is 86.8 cm³/mol. The van der Waals surface area contributed by atoms with Gasteiger partial charge in [0.25, 0.3) is 0 Å². The molecule has 4 saturated carbocycles. The van der Waals surface area contributed by atoms with Gasteiger partial charge in [0, 0.05) is 32.7 Å². The molecule has 0 amide bonds. The first kappa shape index (κ1) is 15.4. The quantitative estimate of drug-likeness (QED) is 0.836. The van der Waals surface area contributed by atoms with Gasteiger partial charge in [-0.2, -0.15) is 0 Å². The second-order valence-electron chi connectivity index (χ2n) is 8.67. The molecule has 0 aromatic heterocycles. The van der Waals surface area contributed by atoms with Crippen molar-refractivity contribution in [2.24, 2.45) is 17.8 Å². The van der Waals surface area contributed by atoms with Gasteiger partial charge in [-0.1, -0.05) is 0 Å². The normalized spacial score (nSPS) is 43.6. The molecule has 4 aliphatic carbocycles. The van der Waals surface area contributed by atoms with Crippen LogP contribution in [-0.4, -0.2) is 73.0 Å². The number of β-amino-alcohol motifs (C(OH)–C–C–N with tert-alkyl or cyclic N) is 1. The van der Waals surface area contributed by atoms with Crippen LogP contribution in [0.4, 0.5) is 0 Å². The number of likely N-dealkylation sites (N-methyl/N-ethyl adjacent to an activating group) is 1. The summed E-state index contributed by atoms with van der Waals surface area (Å²) in [5.41, 5.74) is 0.137. The van der Waals surface area contributed by atoms with E-state index in [1.54, 1.807) is 0 Å². The van der Waals surface area contributed by atoms with E-state index < -0.39 is 0 Å². The summed E-state index contributed by atoms with van der Waals surface area (Å²) in [6, 6.07) is 0. The highest BCUT2D eigenvalue weighted by atomic mass is 16.5. The molecular weight excluding hydrogens is 276 g/mol. The zero-order chi connectivity index (χ0) is 15.2. The van der Waals surface area contributed by atoms with Crippen molar-refractivity contribution in [2.75, 3.05) is 46.4 Å². The number of aliphatic hydroxyl groups is 1. The van der Waals surface area contributed by atoms with Crippen molar-refractivity contribution in [3.8, 4) is 0 Å². The Morgan fingerprint density at radius 2 is 1.55 bits per heavy atom. The van der Waals surface area contributed by atoms with E-state index in [2.05, 4.69) is 16.8 Å². The molecule has 5 rings (SSSR count). The van der Waals surface area contributed by atoms with Gasteiger partial charge < -0.3 is 14.7 Å². The molecule has 0 aromatic rings. The largest absolute Gasteiger partial charge is 0.389 e. The van der Waals surface area contributed by atoms with Crippen molar-refractivity contribution in [1.82, 2.24) is 9.80 Å². The van der Waals surface area contributed by atoms with Crippen LogP contribution in [0.3, 0.4) is 0 Å².